The van der Waals surface area contributed by atoms with Gasteiger partial charge >= 0.3 is 0 Å². The average Bonchev–Trinajstić information content (AvgIpc) is 2.34. The van der Waals surface area contributed by atoms with Crippen molar-refractivity contribution in [1.29, 1.82) is 0 Å². The lowest BCUT2D eigenvalue weighted by Crippen LogP contribution is -2.37. The molecule has 19 heavy (non-hydrogen) atoms. The topological polar surface area (TPSA) is 26.0 Å². The number of halogens is 2. The molecule has 1 nitrogen and oxygen atoms in total. The first kappa shape index (κ1) is 13.0. The maximum atomic E-state index is 6.34. The Hall–Kier alpha value is -1.02. The summed E-state index contributed by atoms with van der Waals surface area (Å²) in [5, 5.41) is 1.37. The zero-order valence-electron chi connectivity index (χ0n) is 10.4. The molecule has 2 N–H and O–H groups in total. The standard InChI is InChI=1S/C16H15Cl2N/c17-12-6-5-11(15(18)9-12)8-16(19)14-7-10-3-1-2-4-13(10)14/h1-6,9,14,16H,7-8,19H2. The highest BCUT2D eigenvalue weighted by atomic mass is 35.5. The van der Waals surface area contributed by atoms with E-state index < -0.39 is 0 Å². The number of rotatable bonds is 3. The number of fused-ring (bicyclic) bond motifs is 1. The fourth-order valence-corrected chi connectivity index (χ4v) is 3.25. The van der Waals surface area contributed by atoms with E-state index >= 15 is 0 Å². The van der Waals surface area contributed by atoms with Crippen molar-refractivity contribution < 1.29 is 0 Å². The van der Waals surface area contributed by atoms with E-state index in [1.807, 2.05) is 12.1 Å². The summed E-state index contributed by atoms with van der Waals surface area (Å²) in [5.41, 5.74) is 10.2. The van der Waals surface area contributed by atoms with Crippen LogP contribution in [-0.4, -0.2) is 6.04 Å². The average molecular weight is 292 g/mol. The second-order valence-electron chi connectivity index (χ2n) is 5.11. The van der Waals surface area contributed by atoms with Crippen LogP contribution >= 0.6 is 23.2 Å². The van der Waals surface area contributed by atoms with Crippen LogP contribution in [0.15, 0.2) is 42.5 Å². The molecule has 0 aliphatic heterocycles. The van der Waals surface area contributed by atoms with Gasteiger partial charge in [0.05, 0.1) is 0 Å². The first-order chi connectivity index (χ1) is 9.15. The predicted molar refractivity (Wildman–Crippen MR) is 81.0 cm³/mol. The highest BCUT2D eigenvalue weighted by molar-refractivity contribution is 6.35. The van der Waals surface area contributed by atoms with E-state index in [1.54, 1.807) is 6.07 Å². The quantitative estimate of drug-likeness (QED) is 0.901. The van der Waals surface area contributed by atoms with E-state index in [0.717, 1.165) is 18.4 Å². The van der Waals surface area contributed by atoms with E-state index in [1.165, 1.54) is 11.1 Å². The van der Waals surface area contributed by atoms with Gasteiger partial charge in [-0.1, -0.05) is 53.5 Å². The molecule has 3 rings (SSSR count). The fourth-order valence-electron chi connectivity index (χ4n) is 2.76. The minimum atomic E-state index is 0.105. The van der Waals surface area contributed by atoms with Gasteiger partial charge in [0.15, 0.2) is 0 Å². The summed E-state index contributed by atoms with van der Waals surface area (Å²) >= 11 is 12.1. The van der Waals surface area contributed by atoms with Crippen molar-refractivity contribution in [3.63, 3.8) is 0 Å². The van der Waals surface area contributed by atoms with Crippen molar-refractivity contribution in [2.75, 3.05) is 0 Å². The number of nitrogens with two attached hydrogens (primary N) is 1. The fraction of sp³-hybridized carbons (Fsp3) is 0.250. The molecule has 2 aromatic rings. The third kappa shape index (κ3) is 2.51. The zero-order valence-corrected chi connectivity index (χ0v) is 12.0. The summed E-state index contributed by atoms with van der Waals surface area (Å²) in [6.07, 6.45) is 1.86. The van der Waals surface area contributed by atoms with Crippen LogP contribution < -0.4 is 5.73 Å². The summed E-state index contributed by atoms with van der Waals surface area (Å²) < 4.78 is 0. The second kappa shape index (κ2) is 5.16. The number of hydrogen-bond acceptors (Lipinski definition) is 1. The van der Waals surface area contributed by atoms with Crippen LogP contribution in [0, 0.1) is 0 Å². The van der Waals surface area contributed by atoms with Crippen LogP contribution in [0.4, 0.5) is 0 Å². The maximum Gasteiger partial charge on any atom is 0.0453 e. The Bertz CT molecular complexity index is 609. The van der Waals surface area contributed by atoms with Crippen molar-refractivity contribution in [3.8, 4) is 0 Å². The van der Waals surface area contributed by atoms with Gasteiger partial charge < -0.3 is 5.73 Å². The van der Waals surface area contributed by atoms with Crippen molar-refractivity contribution in [2.24, 2.45) is 5.73 Å². The smallest absolute Gasteiger partial charge is 0.0453 e. The first-order valence-electron chi connectivity index (χ1n) is 6.42. The van der Waals surface area contributed by atoms with Gasteiger partial charge in [-0.2, -0.15) is 0 Å². The molecule has 0 saturated heterocycles. The Morgan fingerprint density at radius 1 is 1.16 bits per heavy atom. The molecule has 1 aliphatic carbocycles. The Labute approximate surface area is 123 Å². The van der Waals surface area contributed by atoms with E-state index in [2.05, 4.69) is 24.3 Å². The molecule has 3 heteroatoms. The minimum absolute atomic E-state index is 0.105. The second-order valence-corrected chi connectivity index (χ2v) is 5.96. The first-order valence-corrected chi connectivity index (χ1v) is 7.18. The molecule has 0 amide bonds. The third-order valence-electron chi connectivity index (χ3n) is 3.88. The molecule has 0 fully saturated rings. The molecule has 2 aromatic carbocycles. The Morgan fingerprint density at radius 3 is 2.68 bits per heavy atom. The highest BCUT2D eigenvalue weighted by Crippen LogP contribution is 2.38. The third-order valence-corrected chi connectivity index (χ3v) is 4.47. The molecule has 0 heterocycles. The summed E-state index contributed by atoms with van der Waals surface area (Å²) in [6.45, 7) is 0. The van der Waals surface area contributed by atoms with E-state index in [4.69, 9.17) is 28.9 Å². The van der Waals surface area contributed by atoms with Crippen LogP contribution in [0.2, 0.25) is 10.0 Å². The van der Waals surface area contributed by atoms with Crippen LogP contribution in [0.3, 0.4) is 0 Å². The minimum Gasteiger partial charge on any atom is -0.327 e. The summed E-state index contributed by atoms with van der Waals surface area (Å²) in [7, 11) is 0. The molecule has 0 bridgehead atoms. The molecular weight excluding hydrogens is 277 g/mol. The molecule has 0 saturated carbocycles. The molecule has 0 radical (unpaired) electrons. The van der Waals surface area contributed by atoms with E-state index in [0.29, 0.717) is 16.0 Å². The lowest BCUT2D eigenvalue weighted by atomic mass is 9.72. The molecule has 0 aromatic heterocycles. The van der Waals surface area contributed by atoms with Gasteiger partial charge in [0, 0.05) is 22.0 Å². The largest absolute Gasteiger partial charge is 0.327 e. The van der Waals surface area contributed by atoms with Gasteiger partial charge in [-0.15, -0.1) is 0 Å². The molecule has 2 atom stereocenters. The molecule has 98 valence electrons. The van der Waals surface area contributed by atoms with Gasteiger partial charge in [0.25, 0.3) is 0 Å². The van der Waals surface area contributed by atoms with Gasteiger partial charge in [-0.05, 0) is 41.7 Å². The highest BCUT2D eigenvalue weighted by Gasteiger charge is 2.30. The van der Waals surface area contributed by atoms with Gasteiger partial charge in [-0.3, -0.25) is 0 Å². The zero-order chi connectivity index (χ0) is 13.4. The number of benzene rings is 2. The van der Waals surface area contributed by atoms with Crippen molar-refractivity contribution >= 4 is 23.2 Å². The van der Waals surface area contributed by atoms with E-state index in [9.17, 15) is 0 Å². The van der Waals surface area contributed by atoms with Crippen molar-refractivity contribution in [2.45, 2.75) is 24.8 Å². The molecule has 0 spiro atoms. The van der Waals surface area contributed by atoms with Gasteiger partial charge in [0.1, 0.15) is 0 Å². The maximum absolute atomic E-state index is 6.34. The van der Waals surface area contributed by atoms with Crippen LogP contribution in [0.5, 0.6) is 0 Å². The Morgan fingerprint density at radius 2 is 1.95 bits per heavy atom. The summed E-state index contributed by atoms with van der Waals surface area (Å²) in [4.78, 5) is 0. The molecule has 2 unspecified atom stereocenters. The normalized spacial score (nSPS) is 18.6. The van der Waals surface area contributed by atoms with Crippen LogP contribution in [0.25, 0.3) is 0 Å². The Kier molecular flexibility index (Phi) is 3.53. The number of hydrogen-bond donors (Lipinski definition) is 1. The summed E-state index contributed by atoms with van der Waals surface area (Å²) in [5.74, 6) is 0.447. The van der Waals surface area contributed by atoms with Crippen LogP contribution in [0.1, 0.15) is 22.6 Å². The van der Waals surface area contributed by atoms with Crippen LogP contribution in [-0.2, 0) is 12.8 Å². The lowest BCUT2D eigenvalue weighted by Gasteiger charge is -2.34. The summed E-state index contributed by atoms with van der Waals surface area (Å²) in [6, 6.07) is 14.2. The van der Waals surface area contributed by atoms with E-state index in [-0.39, 0.29) is 6.04 Å². The van der Waals surface area contributed by atoms with Crippen molar-refractivity contribution in [1.82, 2.24) is 0 Å². The lowest BCUT2D eigenvalue weighted by molar-refractivity contribution is 0.480. The Balaban J connectivity index is 1.75. The van der Waals surface area contributed by atoms with Gasteiger partial charge in [0.2, 0.25) is 0 Å². The van der Waals surface area contributed by atoms with Gasteiger partial charge in [-0.25, -0.2) is 0 Å². The molecular formula is C16H15Cl2N. The monoisotopic (exact) mass is 291 g/mol. The predicted octanol–water partition coefficient (Wildman–Crippen LogP) is 4.20. The molecule has 1 aliphatic rings. The van der Waals surface area contributed by atoms with Crippen molar-refractivity contribution in [3.05, 3.63) is 69.2 Å². The SMILES string of the molecule is NC(Cc1ccc(Cl)cc1Cl)C1Cc2ccccc21.